The second-order valence-electron chi connectivity index (χ2n) is 4.79. The number of hydrogen-bond donors (Lipinski definition) is 1. The van der Waals surface area contributed by atoms with Crippen molar-refractivity contribution in [1.29, 1.82) is 0 Å². The van der Waals surface area contributed by atoms with E-state index in [1.807, 2.05) is 39.2 Å². The highest BCUT2D eigenvalue weighted by Crippen LogP contribution is 2.19. The fourth-order valence-electron chi connectivity index (χ4n) is 1.87. The number of hydrogen-bond acceptors (Lipinski definition) is 5. The van der Waals surface area contributed by atoms with Gasteiger partial charge in [0.1, 0.15) is 0 Å². The molecule has 0 spiro atoms. The second kappa shape index (κ2) is 8.09. The number of aromatic nitrogens is 1. The third-order valence-electron chi connectivity index (χ3n) is 3.00. The van der Waals surface area contributed by atoms with Crippen molar-refractivity contribution in [3.63, 3.8) is 0 Å². The van der Waals surface area contributed by atoms with Crippen LogP contribution in [0.4, 0.5) is 0 Å². The van der Waals surface area contributed by atoms with Gasteiger partial charge < -0.3 is 15.2 Å². The number of rotatable bonds is 8. The molecule has 5 heteroatoms. The van der Waals surface area contributed by atoms with E-state index in [1.54, 1.807) is 7.11 Å². The van der Waals surface area contributed by atoms with E-state index >= 15 is 0 Å². The lowest BCUT2D eigenvalue weighted by atomic mass is 10.1. The Morgan fingerprint density at radius 1 is 1.37 bits per heavy atom. The van der Waals surface area contributed by atoms with E-state index in [0.717, 1.165) is 12.1 Å². The van der Waals surface area contributed by atoms with Crippen molar-refractivity contribution in [3.8, 4) is 5.88 Å². The third kappa shape index (κ3) is 5.14. The summed E-state index contributed by atoms with van der Waals surface area (Å²) in [6.45, 7) is 6.16. The normalized spacial score (nSPS) is 13.0. The number of methoxy groups -OCH3 is 1. The predicted molar refractivity (Wildman–Crippen MR) is 76.3 cm³/mol. The third-order valence-corrected chi connectivity index (χ3v) is 3.00. The molecule has 1 atom stereocenters. The number of likely N-dealkylation sites (N-methyl/N-ethyl adjacent to an activating group) is 1. The summed E-state index contributed by atoms with van der Waals surface area (Å²) in [7, 11) is 3.66. The fraction of sp³-hybridized carbons (Fsp3) is 0.643. The Kier molecular flexibility index (Phi) is 6.77. The van der Waals surface area contributed by atoms with Crippen LogP contribution in [-0.2, 0) is 4.74 Å². The Morgan fingerprint density at radius 3 is 2.58 bits per heavy atom. The smallest absolute Gasteiger partial charge is 0.212 e. The molecular formula is C14H25N3O2. The average molecular weight is 267 g/mol. The van der Waals surface area contributed by atoms with Gasteiger partial charge in [-0.3, -0.25) is 4.90 Å². The minimum Gasteiger partial charge on any atom is -0.481 e. The second-order valence-corrected chi connectivity index (χ2v) is 4.79. The minimum atomic E-state index is 0.147. The summed E-state index contributed by atoms with van der Waals surface area (Å²) >= 11 is 0. The van der Waals surface area contributed by atoms with E-state index in [9.17, 15) is 0 Å². The van der Waals surface area contributed by atoms with Gasteiger partial charge in [-0.15, -0.1) is 0 Å². The van der Waals surface area contributed by atoms with Gasteiger partial charge in [0.15, 0.2) is 0 Å². The SMILES string of the molecule is COc1ccc(C(CN)N(C)CCOC(C)C)cn1. The van der Waals surface area contributed by atoms with E-state index in [-0.39, 0.29) is 12.1 Å². The summed E-state index contributed by atoms with van der Waals surface area (Å²) in [6, 6.07) is 4.01. The van der Waals surface area contributed by atoms with Crippen molar-refractivity contribution < 1.29 is 9.47 Å². The molecule has 1 aromatic rings. The largest absolute Gasteiger partial charge is 0.481 e. The van der Waals surface area contributed by atoms with Crippen LogP contribution < -0.4 is 10.5 Å². The quantitative estimate of drug-likeness (QED) is 0.772. The summed E-state index contributed by atoms with van der Waals surface area (Å²) in [4.78, 5) is 6.41. The van der Waals surface area contributed by atoms with E-state index in [2.05, 4.69) is 9.88 Å². The van der Waals surface area contributed by atoms with Gasteiger partial charge in [-0.25, -0.2) is 4.98 Å². The van der Waals surface area contributed by atoms with Crippen molar-refractivity contribution in [2.45, 2.75) is 26.0 Å². The Bertz CT molecular complexity index is 354. The van der Waals surface area contributed by atoms with E-state index in [1.165, 1.54) is 0 Å². The number of nitrogens with two attached hydrogens (primary N) is 1. The lowest BCUT2D eigenvalue weighted by Gasteiger charge is -2.27. The first-order valence-corrected chi connectivity index (χ1v) is 6.60. The highest BCUT2D eigenvalue weighted by atomic mass is 16.5. The molecule has 2 N–H and O–H groups in total. The van der Waals surface area contributed by atoms with E-state index in [0.29, 0.717) is 19.0 Å². The maximum atomic E-state index is 5.87. The van der Waals surface area contributed by atoms with Crippen LogP contribution >= 0.6 is 0 Å². The number of nitrogens with zero attached hydrogens (tertiary/aromatic N) is 2. The van der Waals surface area contributed by atoms with E-state index < -0.39 is 0 Å². The Morgan fingerprint density at radius 2 is 2.11 bits per heavy atom. The monoisotopic (exact) mass is 267 g/mol. The van der Waals surface area contributed by atoms with Gasteiger partial charge in [-0.1, -0.05) is 6.07 Å². The summed E-state index contributed by atoms with van der Waals surface area (Å²) in [5, 5.41) is 0. The molecule has 0 aliphatic carbocycles. The lowest BCUT2D eigenvalue weighted by molar-refractivity contribution is 0.0564. The fourth-order valence-corrected chi connectivity index (χ4v) is 1.87. The molecule has 1 unspecified atom stereocenters. The van der Waals surface area contributed by atoms with Crippen molar-refractivity contribution in [2.24, 2.45) is 5.73 Å². The molecule has 0 aliphatic rings. The first-order chi connectivity index (χ1) is 9.08. The number of ether oxygens (including phenoxy) is 2. The van der Waals surface area contributed by atoms with Gasteiger partial charge in [0.05, 0.1) is 19.8 Å². The minimum absolute atomic E-state index is 0.147. The Hall–Kier alpha value is -1.17. The van der Waals surface area contributed by atoms with Gasteiger partial charge in [0.2, 0.25) is 5.88 Å². The maximum absolute atomic E-state index is 5.87. The van der Waals surface area contributed by atoms with Gasteiger partial charge >= 0.3 is 0 Å². The molecule has 108 valence electrons. The van der Waals surface area contributed by atoms with Gasteiger partial charge in [-0.2, -0.15) is 0 Å². The molecule has 1 rings (SSSR count). The first-order valence-electron chi connectivity index (χ1n) is 6.60. The highest BCUT2D eigenvalue weighted by Gasteiger charge is 2.15. The topological polar surface area (TPSA) is 60.6 Å². The molecule has 1 heterocycles. The van der Waals surface area contributed by atoms with Crippen LogP contribution in [-0.4, -0.2) is 49.8 Å². The summed E-state index contributed by atoms with van der Waals surface area (Å²) in [5.74, 6) is 0.616. The van der Waals surface area contributed by atoms with Crippen LogP contribution in [0.25, 0.3) is 0 Å². The lowest BCUT2D eigenvalue weighted by Crippen LogP contribution is -2.33. The molecule has 0 amide bonds. The summed E-state index contributed by atoms with van der Waals surface area (Å²) in [5.41, 5.74) is 6.96. The molecule has 0 saturated carbocycles. The van der Waals surface area contributed by atoms with Crippen LogP contribution in [0.1, 0.15) is 25.5 Å². The van der Waals surface area contributed by atoms with E-state index in [4.69, 9.17) is 15.2 Å². The summed E-state index contributed by atoms with van der Waals surface area (Å²) in [6.07, 6.45) is 2.07. The van der Waals surface area contributed by atoms with Crippen molar-refractivity contribution in [1.82, 2.24) is 9.88 Å². The van der Waals surface area contributed by atoms with Crippen molar-refractivity contribution in [3.05, 3.63) is 23.9 Å². The van der Waals surface area contributed by atoms with Gasteiger partial charge in [0.25, 0.3) is 0 Å². The molecule has 0 bridgehead atoms. The van der Waals surface area contributed by atoms with Crippen LogP contribution in [0.15, 0.2) is 18.3 Å². The van der Waals surface area contributed by atoms with Crippen LogP contribution in [0.2, 0.25) is 0 Å². The zero-order chi connectivity index (χ0) is 14.3. The zero-order valence-corrected chi connectivity index (χ0v) is 12.3. The highest BCUT2D eigenvalue weighted by molar-refractivity contribution is 5.21. The molecule has 5 nitrogen and oxygen atoms in total. The van der Waals surface area contributed by atoms with Crippen LogP contribution in [0.3, 0.4) is 0 Å². The van der Waals surface area contributed by atoms with Gasteiger partial charge in [-0.05, 0) is 26.5 Å². The standard InChI is InChI=1S/C14H25N3O2/c1-11(2)19-8-7-17(3)13(9-15)12-5-6-14(18-4)16-10-12/h5-6,10-11,13H,7-9,15H2,1-4H3. The van der Waals surface area contributed by atoms with Crippen molar-refractivity contribution in [2.75, 3.05) is 33.9 Å². The van der Waals surface area contributed by atoms with Crippen molar-refractivity contribution >= 4 is 0 Å². The molecule has 1 aromatic heterocycles. The predicted octanol–water partition coefficient (Wildman–Crippen LogP) is 1.45. The van der Waals surface area contributed by atoms with Gasteiger partial charge in [0, 0.05) is 31.4 Å². The average Bonchev–Trinajstić information content (AvgIpc) is 2.40. The molecule has 19 heavy (non-hydrogen) atoms. The van der Waals surface area contributed by atoms with Crippen LogP contribution in [0, 0.1) is 0 Å². The summed E-state index contributed by atoms with van der Waals surface area (Å²) < 4.78 is 10.6. The number of pyridine rings is 1. The zero-order valence-electron chi connectivity index (χ0n) is 12.3. The Labute approximate surface area is 115 Å². The first kappa shape index (κ1) is 15.9. The van der Waals surface area contributed by atoms with Crippen LogP contribution in [0.5, 0.6) is 5.88 Å². The maximum Gasteiger partial charge on any atom is 0.212 e. The molecule has 0 radical (unpaired) electrons. The molecule has 0 fully saturated rings. The Balaban J connectivity index is 2.59. The molecule has 0 saturated heterocycles. The molecule has 0 aromatic carbocycles. The molecule has 0 aliphatic heterocycles. The molecular weight excluding hydrogens is 242 g/mol.